The van der Waals surface area contributed by atoms with Crippen LogP contribution in [0.15, 0.2) is 225 Å². The molecular weight excluding hydrogens is 755 g/mol. The van der Waals surface area contributed by atoms with Crippen molar-refractivity contribution in [1.29, 1.82) is 0 Å². The molecule has 5 nitrogen and oxygen atoms in total. The number of allylic oxidation sites excluding steroid dienone is 2. The van der Waals surface area contributed by atoms with Gasteiger partial charge in [0.05, 0.1) is 16.6 Å². The Labute approximate surface area is 359 Å². The van der Waals surface area contributed by atoms with E-state index in [9.17, 15) is 0 Å². The highest BCUT2D eigenvalue weighted by atomic mass is 15.0. The second kappa shape index (κ2) is 15.6. The number of nitrogens with zero attached hydrogens (tertiary/aromatic N) is 5. The van der Waals surface area contributed by atoms with Crippen molar-refractivity contribution in [3.8, 4) is 56.7 Å². The Morgan fingerprint density at radius 1 is 0.435 bits per heavy atom. The second-order valence-electron chi connectivity index (χ2n) is 15.3. The molecule has 0 N–H and O–H groups in total. The van der Waals surface area contributed by atoms with Gasteiger partial charge in [-0.15, -0.1) is 0 Å². The predicted molar refractivity (Wildman–Crippen MR) is 257 cm³/mol. The average Bonchev–Trinajstić information content (AvgIpc) is 3.90. The summed E-state index contributed by atoms with van der Waals surface area (Å²) in [4.78, 5) is 14.8. The zero-order chi connectivity index (χ0) is 41.4. The van der Waals surface area contributed by atoms with E-state index in [1.807, 2.05) is 66.7 Å². The molecule has 0 bridgehead atoms. The van der Waals surface area contributed by atoms with Crippen LogP contribution in [0, 0.1) is 0 Å². The Morgan fingerprint density at radius 3 is 1.61 bits per heavy atom. The van der Waals surface area contributed by atoms with Gasteiger partial charge in [-0.05, 0) is 70.8 Å². The van der Waals surface area contributed by atoms with Gasteiger partial charge < -0.3 is 9.13 Å². The van der Waals surface area contributed by atoms with E-state index in [2.05, 4.69) is 174 Å². The smallest absolute Gasteiger partial charge is 0.164 e. The summed E-state index contributed by atoms with van der Waals surface area (Å²) in [5, 5.41) is 3.59. The van der Waals surface area contributed by atoms with Crippen molar-refractivity contribution in [2.45, 2.75) is 0 Å². The molecule has 0 saturated carbocycles. The second-order valence-corrected chi connectivity index (χ2v) is 15.3. The molecule has 0 aliphatic carbocycles. The van der Waals surface area contributed by atoms with Crippen LogP contribution in [-0.4, -0.2) is 24.1 Å². The number of aromatic nitrogens is 5. The molecule has 0 radical (unpaired) electrons. The van der Waals surface area contributed by atoms with Crippen LogP contribution in [0.25, 0.3) is 101 Å². The number of para-hydroxylation sites is 3. The SMILES string of the molecule is C=C/C(=C\c1cn(-c2ccccc2)c2ccccc12)c1cccc(-n2c3ccccc3c3c(-c4ccc(-c5nc(-c6ccccc6)nc(-c6ccccc6)n5)cc4)cccc32)c1. The first-order chi connectivity index (χ1) is 30.7. The van der Waals surface area contributed by atoms with Crippen LogP contribution in [-0.2, 0) is 0 Å². The summed E-state index contributed by atoms with van der Waals surface area (Å²) in [6.07, 6.45) is 6.44. The van der Waals surface area contributed by atoms with E-state index in [0.717, 1.165) is 72.4 Å². The molecule has 62 heavy (non-hydrogen) atoms. The Kier molecular flexibility index (Phi) is 9.25. The molecule has 0 spiro atoms. The fourth-order valence-corrected chi connectivity index (χ4v) is 8.65. The summed E-state index contributed by atoms with van der Waals surface area (Å²) >= 11 is 0. The van der Waals surface area contributed by atoms with Crippen molar-refractivity contribution >= 4 is 44.4 Å². The van der Waals surface area contributed by atoms with E-state index in [1.165, 1.54) is 16.2 Å². The predicted octanol–water partition coefficient (Wildman–Crippen LogP) is 14.3. The molecule has 292 valence electrons. The Hall–Kier alpha value is -8.41. The van der Waals surface area contributed by atoms with E-state index in [0.29, 0.717) is 17.5 Å². The van der Waals surface area contributed by atoms with Gasteiger partial charge in [0.1, 0.15) is 0 Å². The van der Waals surface area contributed by atoms with Crippen molar-refractivity contribution in [2.24, 2.45) is 0 Å². The highest BCUT2D eigenvalue weighted by Gasteiger charge is 2.18. The maximum atomic E-state index is 4.97. The van der Waals surface area contributed by atoms with E-state index >= 15 is 0 Å². The first-order valence-corrected chi connectivity index (χ1v) is 20.8. The van der Waals surface area contributed by atoms with Gasteiger partial charge >= 0.3 is 0 Å². The fourth-order valence-electron chi connectivity index (χ4n) is 8.65. The van der Waals surface area contributed by atoms with Gasteiger partial charge in [-0.25, -0.2) is 15.0 Å². The van der Waals surface area contributed by atoms with Gasteiger partial charge in [0.15, 0.2) is 17.5 Å². The minimum absolute atomic E-state index is 0.633. The molecule has 0 aliphatic heterocycles. The van der Waals surface area contributed by atoms with Crippen molar-refractivity contribution in [3.63, 3.8) is 0 Å². The fraction of sp³-hybridized carbons (Fsp3) is 0. The van der Waals surface area contributed by atoms with Gasteiger partial charge in [0, 0.05) is 56.0 Å². The van der Waals surface area contributed by atoms with E-state index < -0.39 is 0 Å². The van der Waals surface area contributed by atoms with Gasteiger partial charge in [-0.1, -0.05) is 176 Å². The molecule has 0 saturated heterocycles. The lowest BCUT2D eigenvalue weighted by Gasteiger charge is -2.12. The minimum Gasteiger partial charge on any atom is -0.316 e. The first-order valence-electron chi connectivity index (χ1n) is 20.8. The van der Waals surface area contributed by atoms with Crippen LogP contribution in [0.3, 0.4) is 0 Å². The van der Waals surface area contributed by atoms with E-state index in [-0.39, 0.29) is 0 Å². The third-order valence-corrected chi connectivity index (χ3v) is 11.6. The number of rotatable bonds is 9. The molecule has 0 amide bonds. The van der Waals surface area contributed by atoms with Crippen molar-refractivity contribution in [2.75, 3.05) is 0 Å². The van der Waals surface area contributed by atoms with E-state index in [4.69, 9.17) is 15.0 Å². The highest BCUT2D eigenvalue weighted by molar-refractivity contribution is 6.16. The topological polar surface area (TPSA) is 48.5 Å². The number of hydrogen-bond acceptors (Lipinski definition) is 3. The van der Waals surface area contributed by atoms with Gasteiger partial charge in [0.25, 0.3) is 0 Å². The summed E-state index contributed by atoms with van der Waals surface area (Å²) in [5.74, 6) is 1.92. The van der Waals surface area contributed by atoms with Crippen LogP contribution in [0.2, 0.25) is 0 Å². The molecule has 11 rings (SSSR count). The molecule has 0 unspecified atom stereocenters. The van der Waals surface area contributed by atoms with Gasteiger partial charge in [-0.2, -0.15) is 0 Å². The summed E-state index contributed by atoms with van der Waals surface area (Å²) in [6, 6.07) is 71.9. The zero-order valence-electron chi connectivity index (χ0n) is 33.8. The highest BCUT2D eigenvalue weighted by Crippen LogP contribution is 2.40. The summed E-state index contributed by atoms with van der Waals surface area (Å²) < 4.78 is 4.65. The number of hydrogen-bond donors (Lipinski definition) is 0. The van der Waals surface area contributed by atoms with Crippen LogP contribution < -0.4 is 0 Å². The molecule has 3 aromatic heterocycles. The number of fused-ring (bicyclic) bond motifs is 4. The van der Waals surface area contributed by atoms with Gasteiger partial charge in [-0.3, -0.25) is 0 Å². The molecule has 8 aromatic carbocycles. The lowest BCUT2D eigenvalue weighted by Crippen LogP contribution is -2.00. The number of benzene rings is 8. The molecule has 11 aromatic rings. The summed E-state index contributed by atoms with van der Waals surface area (Å²) in [5.41, 5.74) is 14.0. The molecule has 0 atom stereocenters. The zero-order valence-corrected chi connectivity index (χ0v) is 33.8. The minimum atomic E-state index is 0.633. The molecular formula is C57H39N5. The Morgan fingerprint density at radius 2 is 0.952 bits per heavy atom. The largest absolute Gasteiger partial charge is 0.316 e. The maximum absolute atomic E-state index is 4.97. The maximum Gasteiger partial charge on any atom is 0.164 e. The van der Waals surface area contributed by atoms with Gasteiger partial charge in [0.2, 0.25) is 0 Å². The van der Waals surface area contributed by atoms with E-state index in [1.54, 1.807) is 0 Å². The van der Waals surface area contributed by atoms with Crippen molar-refractivity contribution in [1.82, 2.24) is 24.1 Å². The molecule has 3 heterocycles. The summed E-state index contributed by atoms with van der Waals surface area (Å²) in [7, 11) is 0. The van der Waals surface area contributed by atoms with Crippen LogP contribution in [0.1, 0.15) is 11.1 Å². The Bertz CT molecular complexity index is 3390. The lowest BCUT2D eigenvalue weighted by atomic mass is 9.98. The average molecular weight is 794 g/mol. The lowest BCUT2D eigenvalue weighted by molar-refractivity contribution is 1.07. The van der Waals surface area contributed by atoms with Crippen molar-refractivity contribution in [3.05, 3.63) is 236 Å². The normalized spacial score (nSPS) is 11.7. The standard InChI is InChI=1S/C57H39N5/c1-2-39(36-45-38-61(46-23-10-5-11-24-46)51-29-14-12-26-48(45)51)44-22-16-25-47(37-44)62-52-30-15-13-27-50(52)54-49(28-17-31-53(54)62)40-32-34-43(35-33-40)57-59-55(41-18-6-3-7-19-41)58-56(60-57)42-20-8-4-9-21-42/h2-38H,1H2/b39-36+. The molecule has 0 fully saturated rings. The Balaban J connectivity index is 0.991. The third kappa shape index (κ3) is 6.59. The van der Waals surface area contributed by atoms with Crippen LogP contribution in [0.5, 0.6) is 0 Å². The molecule has 0 aliphatic rings. The first kappa shape index (κ1) is 36.7. The summed E-state index contributed by atoms with van der Waals surface area (Å²) in [6.45, 7) is 4.28. The van der Waals surface area contributed by atoms with Crippen LogP contribution in [0.4, 0.5) is 0 Å². The van der Waals surface area contributed by atoms with Crippen LogP contribution >= 0.6 is 0 Å². The monoisotopic (exact) mass is 793 g/mol. The third-order valence-electron chi connectivity index (χ3n) is 11.6. The quantitative estimate of drug-likeness (QED) is 0.137. The van der Waals surface area contributed by atoms with Crippen molar-refractivity contribution < 1.29 is 0 Å². The molecule has 5 heteroatoms.